The van der Waals surface area contributed by atoms with Gasteiger partial charge in [0.2, 0.25) is 5.91 Å². The molecule has 0 fully saturated rings. The molecule has 3 rings (SSSR count). The van der Waals surface area contributed by atoms with Crippen LogP contribution < -0.4 is 11.1 Å². The molecule has 2 heterocycles. The Balaban J connectivity index is 1.52. The van der Waals surface area contributed by atoms with Gasteiger partial charge in [-0.15, -0.1) is 0 Å². The number of primary amides is 1. The Labute approximate surface area is 187 Å². The number of carbonyl (C=O) groups excluding carboxylic acids is 2. The quantitative estimate of drug-likeness (QED) is 0.507. The van der Waals surface area contributed by atoms with Crippen LogP contribution in [0.1, 0.15) is 44.9 Å². The molecule has 3 N–H and O–H groups in total. The van der Waals surface area contributed by atoms with Crippen LogP contribution in [0.15, 0.2) is 30.5 Å². The number of halogens is 3. The van der Waals surface area contributed by atoms with E-state index in [2.05, 4.69) is 20.1 Å². The topological polar surface area (TPSA) is 112 Å². The number of fused-ring (bicyclic) bond motifs is 1. The van der Waals surface area contributed by atoms with E-state index in [1.165, 1.54) is 6.20 Å². The highest BCUT2D eigenvalue weighted by atomic mass is 19.4. The molecule has 1 aromatic carbocycles. The molecule has 2 aromatic heterocycles. The summed E-state index contributed by atoms with van der Waals surface area (Å²) >= 11 is 0. The first-order chi connectivity index (χ1) is 15.5. The van der Waals surface area contributed by atoms with E-state index in [4.69, 9.17) is 5.73 Å². The van der Waals surface area contributed by atoms with E-state index in [1.807, 2.05) is 6.92 Å². The van der Waals surface area contributed by atoms with E-state index >= 15 is 0 Å². The number of hydrogen-bond donors (Lipinski definition) is 2. The average Bonchev–Trinajstić information content (AvgIpc) is 3.16. The van der Waals surface area contributed by atoms with Gasteiger partial charge in [0, 0.05) is 24.4 Å². The summed E-state index contributed by atoms with van der Waals surface area (Å²) in [4.78, 5) is 28.3. The SMILES string of the molecule is Cc1nc2c(C(N)=O)cnn2c(C)c1CCC(=O)NCc1ccc(COCC(F)(F)F)cc1. The second-order valence-corrected chi connectivity index (χ2v) is 7.62. The van der Waals surface area contributed by atoms with Gasteiger partial charge in [0.1, 0.15) is 12.2 Å². The number of alkyl halides is 3. The number of benzene rings is 1. The molecule has 3 aromatic rings. The number of hydrogen-bond acceptors (Lipinski definition) is 5. The molecule has 0 saturated heterocycles. The summed E-state index contributed by atoms with van der Waals surface area (Å²) in [6, 6.07) is 6.78. The number of aromatic nitrogens is 3. The number of rotatable bonds is 9. The van der Waals surface area contributed by atoms with Gasteiger partial charge in [-0.25, -0.2) is 9.50 Å². The fourth-order valence-corrected chi connectivity index (χ4v) is 3.41. The van der Waals surface area contributed by atoms with Gasteiger partial charge in [-0.1, -0.05) is 24.3 Å². The van der Waals surface area contributed by atoms with Crippen LogP contribution in [0.25, 0.3) is 5.65 Å². The van der Waals surface area contributed by atoms with Gasteiger partial charge >= 0.3 is 6.18 Å². The summed E-state index contributed by atoms with van der Waals surface area (Å²) in [5, 5.41) is 6.99. The first kappa shape index (κ1) is 24.2. The van der Waals surface area contributed by atoms with E-state index in [0.717, 1.165) is 16.8 Å². The number of aryl methyl sites for hydroxylation is 2. The zero-order valence-electron chi connectivity index (χ0n) is 18.2. The average molecular weight is 463 g/mol. The first-order valence-corrected chi connectivity index (χ1v) is 10.2. The number of nitrogens with zero attached hydrogens (tertiary/aromatic N) is 3. The van der Waals surface area contributed by atoms with Gasteiger partial charge in [-0.2, -0.15) is 18.3 Å². The second-order valence-electron chi connectivity index (χ2n) is 7.62. The summed E-state index contributed by atoms with van der Waals surface area (Å²) in [6.07, 6.45) is -2.31. The van der Waals surface area contributed by atoms with Crippen molar-refractivity contribution in [2.45, 2.75) is 46.0 Å². The van der Waals surface area contributed by atoms with E-state index in [1.54, 1.807) is 35.7 Å². The maximum Gasteiger partial charge on any atom is 0.411 e. The van der Waals surface area contributed by atoms with Gasteiger partial charge in [0.15, 0.2) is 5.65 Å². The third-order valence-electron chi connectivity index (χ3n) is 5.12. The van der Waals surface area contributed by atoms with Crippen molar-refractivity contribution >= 4 is 17.5 Å². The molecule has 0 bridgehead atoms. The van der Waals surface area contributed by atoms with Crippen molar-refractivity contribution in [3.63, 3.8) is 0 Å². The molecule has 0 atom stereocenters. The highest BCUT2D eigenvalue weighted by Crippen LogP contribution is 2.19. The van der Waals surface area contributed by atoms with Crippen LogP contribution >= 0.6 is 0 Å². The van der Waals surface area contributed by atoms with E-state index in [9.17, 15) is 22.8 Å². The van der Waals surface area contributed by atoms with Crippen molar-refractivity contribution in [2.75, 3.05) is 6.61 Å². The zero-order chi connectivity index (χ0) is 24.2. The Kier molecular flexibility index (Phi) is 7.32. The molecule has 0 aliphatic rings. The van der Waals surface area contributed by atoms with Crippen molar-refractivity contribution in [2.24, 2.45) is 5.73 Å². The minimum absolute atomic E-state index is 0.138. The number of amides is 2. The Morgan fingerprint density at radius 3 is 2.45 bits per heavy atom. The van der Waals surface area contributed by atoms with Gasteiger partial charge in [0.25, 0.3) is 5.91 Å². The van der Waals surface area contributed by atoms with Gasteiger partial charge in [0.05, 0.1) is 12.8 Å². The van der Waals surface area contributed by atoms with E-state index in [-0.39, 0.29) is 24.5 Å². The highest BCUT2D eigenvalue weighted by molar-refractivity contribution is 5.98. The molecule has 0 radical (unpaired) electrons. The maximum atomic E-state index is 12.3. The fraction of sp³-hybridized carbons (Fsp3) is 0.364. The van der Waals surface area contributed by atoms with E-state index < -0.39 is 18.7 Å². The van der Waals surface area contributed by atoms with Crippen LogP contribution in [-0.4, -0.2) is 39.2 Å². The minimum atomic E-state index is -4.35. The maximum absolute atomic E-state index is 12.3. The minimum Gasteiger partial charge on any atom is -0.367 e. The smallest absolute Gasteiger partial charge is 0.367 e. The second kappa shape index (κ2) is 9.99. The summed E-state index contributed by atoms with van der Waals surface area (Å²) < 4.78 is 42.5. The molecular formula is C22H24F3N5O3. The Bertz CT molecular complexity index is 1160. The van der Waals surface area contributed by atoms with Crippen LogP contribution in [0.5, 0.6) is 0 Å². The zero-order valence-corrected chi connectivity index (χ0v) is 18.2. The van der Waals surface area contributed by atoms with Crippen molar-refractivity contribution in [3.05, 3.63) is 64.1 Å². The summed E-state index contributed by atoms with van der Waals surface area (Å²) in [6.45, 7) is 2.50. The molecule has 8 nitrogen and oxygen atoms in total. The molecule has 33 heavy (non-hydrogen) atoms. The molecule has 0 spiro atoms. The van der Waals surface area contributed by atoms with Crippen LogP contribution in [0.4, 0.5) is 13.2 Å². The van der Waals surface area contributed by atoms with Gasteiger partial charge in [-0.3, -0.25) is 9.59 Å². The molecular weight excluding hydrogens is 439 g/mol. The normalized spacial score (nSPS) is 11.7. The number of carbonyl (C=O) groups is 2. The Morgan fingerprint density at radius 2 is 1.82 bits per heavy atom. The molecule has 0 unspecified atom stereocenters. The lowest BCUT2D eigenvalue weighted by Gasteiger charge is -2.12. The monoisotopic (exact) mass is 463 g/mol. The summed E-state index contributed by atoms with van der Waals surface area (Å²) in [7, 11) is 0. The van der Waals surface area contributed by atoms with Crippen LogP contribution in [-0.2, 0) is 29.1 Å². The van der Waals surface area contributed by atoms with Crippen molar-refractivity contribution in [3.8, 4) is 0 Å². The van der Waals surface area contributed by atoms with Crippen LogP contribution in [0.2, 0.25) is 0 Å². The third kappa shape index (κ3) is 6.28. The Hall–Kier alpha value is -3.47. The molecule has 11 heteroatoms. The van der Waals surface area contributed by atoms with Crippen molar-refractivity contribution in [1.82, 2.24) is 19.9 Å². The van der Waals surface area contributed by atoms with Gasteiger partial charge in [-0.05, 0) is 37.0 Å². The molecule has 0 aliphatic heterocycles. The highest BCUT2D eigenvalue weighted by Gasteiger charge is 2.27. The molecule has 2 amide bonds. The predicted octanol–water partition coefficient (Wildman–Crippen LogP) is 2.77. The standard InChI is InChI=1S/C22H24F3N5O3/c1-13-17(14(2)30-21(29-13)18(10-28-30)20(26)32)7-8-19(31)27-9-15-3-5-16(6-4-15)11-33-12-22(23,24)25/h3-6,10H,7-9,11-12H2,1-2H3,(H2,26,32)(H,27,31). The summed E-state index contributed by atoms with van der Waals surface area (Å²) in [5.74, 6) is -0.768. The lowest BCUT2D eigenvalue weighted by molar-refractivity contribution is -0.176. The number of nitrogens with one attached hydrogen (secondary N) is 1. The number of ether oxygens (including phenoxy) is 1. The van der Waals surface area contributed by atoms with Crippen molar-refractivity contribution in [1.29, 1.82) is 0 Å². The molecule has 0 aliphatic carbocycles. The fourth-order valence-electron chi connectivity index (χ4n) is 3.41. The molecule has 0 saturated carbocycles. The van der Waals surface area contributed by atoms with Gasteiger partial charge < -0.3 is 15.8 Å². The Morgan fingerprint density at radius 1 is 1.15 bits per heavy atom. The lowest BCUT2D eigenvalue weighted by atomic mass is 10.1. The summed E-state index contributed by atoms with van der Waals surface area (Å²) in [5.41, 5.74) is 9.74. The largest absolute Gasteiger partial charge is 0.411 e. The van der Waals surface area contributed by atoms with E-state index in [0.29, 0.717) is 29.9 Å². The first-order valence-electron chi connectivity index (χ1n) is 10.2. The number of nitrogens with two attached hydrogens (primary N) is 1. The van der Waals surface area contributed by atoms with Crippen molar-refractivity contribution < 1.29 is 27.5 Å². The predicted molar refractivity (Wildman–Crippen MR) is 113 cm³/mol. The van der Waals surface area contributed by atoms with Crippen LogP contribution in [0.3, 0.4) is 0 Å². The lowest BCUT2D eigenvalue weighted by Crippen LogP contribution is -2.23. The third-order valence-corrected chi connectivity index (χ3v) is 5.12. The molecule has 176 valence electrons. The van der Waals surface area contributed by atoms with Crippen LogP contribution in [0, 0.1) is 13.8 Å².